The molecule has 22 heavy (non-hydrogen) atoms. The Hall–Kier alpha value is -2.64. The van der Waals surface area contributed by atoms with Crippen molar-refractivity contribution in [3.05, 3.63) is 41.6 Å². The van der Waals surface area contributed by atoms with Crippen molar-refractivity contribution in [3.63, 3.8) is 0 Å². The van der Waals surface area contributed by atoms with Crippen molar-refractivity contribution in [2.45, 2.75) is 13.1 Å². The van der Waals surface area contributed by atoms with E-state index in [1.165, 1.54) is 19.1 Å². The van der Waals surface area contributed by atoms with Gasteiger partial charge in [-0.05, 0) is 25.1 Å². The zero-order valence-corrected chi connectivity index (χ0v) is 11.7. The summed E-state index contributed by atoms with van der Waals surface area (Å²) in [6.07, 6.45) is -3.35. The standard InChI is InChI=1S/C14H13F3N2O3/c1-8(12(20)11(18)13(21)22-2)7-19-10-5-3-4-9(6-10)14(15,16)17/h3-7,18-19H,1-2H3/b8-7-,18-11?. The number of halogens is 3. The van der Waals surface area contributed by atoms with Crippen molar-refractivity contribution in [2.24, 2.45) is 0 Å². The molecule has 0 radical (unpaired) electrons. The minimum atomic E-state index is -4.47. The topological polar surface area (TPSA) is 79.2 Å². The van der Waals surface area contributed by atoms with Crippen LogP contribution in [0.2, 0.25) is 0 Å². The van der Waals surface area contributed by atoms with Crippen molar-refractivity contribution < 1.29 is 27.5 Å². The highest BCUT2D eigenvalue weighted by atomic mass is 19.4. The van der Waals surface area contributed by atoms with Crippen LogP contribution in [0.1, 0.15) is 12.5 Å². The van der Waals surface area contributed by atoms with Gasteiger partial charge in [0.05, 0.1) is 12.7 Å². The third-order valence-electron chi connectivity index (χ3n) is 2.62. The van der Waals surface area contributed by atoms with E-state index < -0.39 is 29.2 Å². The van der Waals surface area contributed by atoms with Gasteiger partial charge in [0.15, 0.2) is 5.71 Å². The van der Waals surface area contributed by atoms with Gasteiger partial charge < -0.3 is 10.1 Å². The number of benzene rings is 1. The van der Waals surface area contributed by atoms with E-state index in [4.69, 9.17) is 5.41 Å². The number of carbonyl (C=O) groups is 2. The Balaban J connectivity index is 2.86. The van der Waals surface area contributed by atoms with Crippen LogP contribution in [0, 0.1) is 5.41 Å². The fourth-order valence-corrected chi connectivity index (χ4v) is 1.43. The molecule has 0 amide bonds. The number of hydrogen-bond donors (Lipinski definition) is 2. The summed E-state index contributed by atoms with van der Waals surface area (Å²) in [5.74, 6) is -1.97. The van der Waals surface area contributed by atoms with Gasteiger partial charge >= 0.3 is 12.1 Å². The van der Waals surface area contributed by atoms with Gasteiger partial charge in [0.1, 0.15) is 0 Å². The molecule has 118 valence electrons. The normalized spacial score (nSPS) is 11.8. The van der Waals surface area contributed by atoms with Crippen LogP contribution in [0.25, 0.3) is 0 Å². The minimum Gasteiger partial charge on any atom is -0.464 e. The molecule has 0 aliphatic rings. The lowest BCUT2D eigenvalue weighted by molar-refractivity contribution is -0.137. The number of anilines is 1. The predicted octanol–water partition coefficient (Wildman–Crippen LogP) is 2.78. The van der Waals surface area contributed by atoms with E-state index in [0.717, 1.165) is 25.4 Å². The second-order valence-corrected chi connectivity index (χ2v) is 4.25. The van der Waals surface area contributed by atoms with Crippen LogP contribution in [-0.2, 0) is 20.5 Å². The van der Waals surface area contributed by atoms with E-state index in [-0.39, 0.29) is 11.3 Å². The fraction of sp³-hybridized carbons (Fsp3) is 0.214. The molecular formula is C14H13F3N2O3. The maximum atomic E-state index is 12.6. The molecule has 0 aliphatic heterocycles. The third kappa shape index (κ3) is 4.44. The van der Waals surface area contributed by atoms with Gasteiger partial charge in [0, 0.05) is 17.5 Å². The Labute approximate surface area is 124 Å². The first-order valence-electron chi connectivity index (χ1n) is 5.99. The molecule has 0 spiro atoms. The van der Waals surface area contributed by atoms with E-state index in [1.54, 1.807) is 0 Å². The first-order chi connectivity index (χ1) is 10.2. The largest absolute Gasteiger partial charge is 0.464 e. The highest BCUT2D eigenvalue weighted by Crippen LogP contribution is 2.30. The van der Waals surface area contributed by atoms with Crippen LogP contribution in [0.3, 0.4) is 0 Å². The van der Waals surface area contributed by atoms with Crippen molar-refractivity contribution in [1.29, 1.82) is 5.41 Å². The van der Waals surface area contributed by atoms with Crippen molar-refractivity contribution >= 4 is 23.2 Å². The van der Waals surface area contributed by atoms with Gasteiger partial charge in [-0.1, -0.05) is 6.07 Å². The van der Waals surface area contributed by atoms with E-state index in [9.17, 15) is 22.8 Å². The smallest absolute Gasteiger partial charge is 0.416 e. The quantitative estimate of drug-likeness (QED) is 0.379. The van der Waals surface area contributed by atoms with Gasteiger partial charge in [0.2, 0.25) is 5.78 Å². The lowest BCUT2D eigenvalue weighted by Gasteiger charge is -2.09. The Bertz CT molecular complexity index is 636. The molecular weight excluding hydrogens is 301 g/mol. The second-order valence-electron chi connectivity index (χ2n) is 4.25. The van der Waals surface area contributed by atoms with E-state index in [2.05, 4.69) is 10.1 Å². The average molecular weight is 314 g/mol. The number of hydrogen-bond acceptors (Lipinski definition) is 5. The molecule has 0 aromatic heterocycles. The summed E-state index contributed by atoms with van der Waals surface area (Å²) in [5, 5.41) is 9.81. The van der Waals surface area contributed by atoms with Gasteiger partial charge in [-0.25, -0.2) is 4.79 Å². The monoisotopic (exact) mass is 314 g/mol. The molecule has 1 rings (SSSR count). The summed E-state index contributed by atoms with van der Waals surface area (Å²) in [5.41, 5.74) is -1.60. The highest BCUT2D eigenvalue weighted by Gasteiger charge is 2.30. The van der Waals surface area contributed by atoms with E-state index in [1.807, 2.05) is 0 Å². The maximum Gasteiger partial charge on any atom is 0.416 e. The summed E-state index contributed by atoms with van der Waals surface area (Å²) >= 11 is 0. The molecule has 0 saturated heterocycles. The summed E-state index contributed by atoms with van der Waals surface area (Å²) < 4.78 is 41.9. The number of methoxy groups -OCH3 is 1. The average Bonchev–Trinajstić information content (AvgIpc) is 2.49. The molecule has 1 aromatic carbocycles. The molecule has 5 nitrogen and oxygen atoms in total. The fourth-order valence-electron chi connectivity index (χ4n) is 1.43. The van der Waals surface area contributed by atoms with Gasteiger partial charge in [-0.3, -0.25) is 10.2 Å². The molecule has 0 aliphatic carbocycles. The molecule has 1 aromatic rings. The van der Waals surface area contributed by atoms with E-state index in [0.29, 0.717) is 0 Å². The number of nitrogens with one attached hydrogen (secondary N) is 2. The van der Waals surface area contributed by atoms with Crippen LogP contribution in [0.5, 0.6) is 0 Å². The highest BCUT2D eigenvalue weighted by molar-refractivity contribution is 6.66. The number of carbonyl (C=O) groups excluding carboxylic acids is 2. The predicted molar refractivity (Wildman–Crippen MR) is 73.6 cm³/mol. The van der Waals surface area contributed by atoms with Crippen LogP contribution < -0.4 is 5.32 Å². The van der Waals surface area contributed by atoms with E-state index >= 15 is 0 Å². The van der Waals surface area contributed by atoms with Crippen LogP contribution in [0.15, 0.2) is 36.0 Å². The lowest BCUT2D eigenvalue weighted by atomic mass is 10.1. The number of alkyl halides is 3. The van der Waals surface area contributed by atoms with Gasteiger partial charge in [-0.15, -0.1) is 0 Å². The first kappa shape index (κ1) is 17.4. The summed E-state index contributed by atoms with van der Waals surface area (Å²) in [6.45, 7) is 1.32. The Morgan fingerprint density at radius 3 is 2.50 bits per heavy atom. The molecule has 0 fully saturated rings. The molecule has 2 N–H and O–H groups in total. The number of ether oxygens (including phenoxy) is 1. The summed E-state index contributed by atoms with van der Waals surface area (Å²) in [7, 11) is 1.03. The second kappa shape index (κ2) is 6.88. The number of ketones is 1. The van der Waals surface area contributed by atoms with Crippen molar-refractivity contribution in [3.8, 4) is 0 Å². The Kier molecular flexibility index (Phi) is 5.44. The zero-order chi connectivity index (χ0) is 16.9. The summed E-state index contributed by atoms with van der Waals surface area (Å²) in [4.78, 5) is 22.7. The summed E-state index contributed by atoms with van der Waals surface area (Å²) in [6, 6.07) is 4.39. The van der Waals surface area contributed by atoms with Crippen LogP contribution in [0.4, 0.5) is 18.9 Å². The molecule has 0 heterocycles. The molecule has 8 heteroatoms. The lowest BCUT2D eigenvalue weighted by Crippen LogP contribution is -2.25. The molecule has 0 saturated carbocycles. The SMILES string of the molecule is COC(=O)C(=N)C(=O)/C(C)=C\Nc1cccc(C(F)(F)F)c1. The van der Waals surface area contributed by atoms with Crippen molar-refractivity contribution in [1.82, 2.24) is 0 Å². The number of rotatable bonds is 5. The number of Topliss-reactive ketones (excluding diaryl/α,β-unsaturated/α-hetero) is 1. The number of esters is 1. The first-order valence-corrected chi connectivity index (χ1v) is 5.99. The Morgan fingerprint density at radius 2 is 1.95 bits per heavy atom. The van der Waals surface area contributed by atoms with Gasteiger partial charge in [-0.2, -0.15) is 13.2 Å². The minimum absolute atomic E-state index is 0.0205. The van der Waals surface area contributed by atoms with Crippen LogP contribution in [-0.4, -0.2) is 24.6 Å². The Morgan fingerprint density at radius 1 is 1.32 bits per heavy atom. The molecule has 0 bridgehead atoms. The maximum absolute atomic E-state index is 12.6. The zero-order valence-electron chi connectivity index (χ0n) is 11.7. The number of allylic oxidation sites excluding steroid dienone is 1. The molecule has 0 atom stereocenters. The van der Waals surface area contributed by atoms with Crippen molar-refractivity contribution in [2.75, 3.05) is 12.4 Å². The van der Waals surface area contributed by atoms with Crippen LogP contribution >= 0.6 is 0 Å². The molecule has 0 unspecified atom stereocenters. The third-order valence-corrected chi connectivity index (χ3v) is 2.62. The van der Waals surface area contributed by atoms with Gasteiger partial charge in [0.25, 0.3) is 0 Å².